The first-order valence-corrected chi connectivity index (χ1v) is 13.0. The fourth-order valence-electron chi connectivity index (χ4n) is 5.03. The highest BCUT2D eigenvalue weighted by molar-refractivity contribution is 6.30. The normalized spacial score (nSPS) is 20.4. The molecule has 0 unspecified atom stereocenters. The molecule has 2 heterocycles. The number of halogens is 1. The molecule has 7 heteroatoms. The van der Waals surface area contributed by atoms with Crippen molar-refractivity contribution in [1.29, 1.82) is 0 Å². The number of amides is 2. The summed E-state index contributed by atoms with van der Waals surface area (Å²) >= 11 is 6.04. The summed E-state index contributed by atoms with van der Waals surface area (Å²) in [6.45, 7) is 8.51. The Bertz CT molecular complexity index is 1320. The largest absolute Gasteiger partial charge is 0.384 e. The summed E-state index contributed by atoms with van der Waals surface area (Å²) in [7, 11) is 0. The molecule has 1 aliphatic heterocycles. The van der Waals surface area contributed by atoms with Crippen LogP contribution in [0.3, 0.4) is 0 Å². The SMILES string of the molecule is CC(C)[C@@H](NC(=O)/C=C/c1cnc2ccccc2c1)C(=O)N1CC[C@](O)(c2ccc(Cl)cc2)C(C)(C)C1. The molecule has 0 bridgehead atoms. The number of aromatic nitrogens is 1. The zero-order valence-corrected chi connectivity index (χ0v) is 22.5. The van der Waals surface area contributed by atoms with E-state index in [1.54, 1.807) is 29.3 Å². The monoisotopic (exact) mass is 519 g/mol. The van der Waals surface area contributed by atoms with Crippen LogP contribution >= 0.6 is 11.6 Å². The Hall–Kier alpha value is -3.22. The maximum Gasteiger partial charge on any atom is 0.245 e. The standard InChI is InChI=1S/C30H34ClN3O3/c1-20(2)27(33-26(35)14-9-21-17-22-7-5-6-8-25(22)32-18-21)28(36)34-16-15-30(37,29(3,4)19-34)23-10-12-24(31)13-11-23/h5-14,17-18,20,27,37H,15-16,19H2,1-4H3,(H,33,35)/b14-9+/t27-,30+/m1/s1. The molecule has 6 nitrogen and oxygen atoms in total. The van der Waals surface area contributed by atoms with Crippen molar-refractivity contribution in [3.8, 4) is 0 Å². The molecule has 2 aromatic carbocycles. The third-order valence-electron chi connectivity index (χ3n) is 7.35. The van der Waals surface area contributed by atoms with Crippen molar-refractivity contribution in [3.63, 3.8) is 0 Å². The first-order valence-electron chi connectivity index (χ1n) is 12.6. The van der Waals surface area contributed by atoms with Crippen molar-refractivity contribution in [3.05, 3.63) is 83.0 Å². The number of carbonyl (C=O) groups is 2. The molecular weight excluding hydrogens is 486 g/mol. The molecule has 1 aliphatic rings. The summed E-state index contributed by atoms with van der Waals surface area (Å²) in [6.07, 6.45) is 5.25. The predicted octanol–water partition coefficient (Wildman–Crippen LogP) is 5.19. The van der Waals surface area contributed by atoms with Gasteiger partial charge in [0.05, 0.1) is 11.1 Å². The Morgan fingerprint density at radius 3 is 2.51 bits per heavy atom. The third-order valence-corrected chi connectivity index (χ3v) is 7.60. The molecule has 0 aliphatic carbocycles. The van der Waals surface area contributed by atoms with Crippen molar-refractivity contribution >= 4 is 40.4 Å². The molecule has 0 saturated carbocycles. The zero-order chi connectivity index (χ0) is 26.8. The Morgan fingerprint density at radius 2 is 1.84 bits per heavy atom. The minimum Gasteiger partial charge on any atom is -0.384 e. The Balaban J connectivity index is 1.44. The van der Waals surface area contributed by atoms with E-state index in [1.807, 2.05) is 70.2 Å². The molecule has 2 atom stereocenters. The van der Waals surface area contributed by atoms with Gasteiger partial charge in [0.2, 0.25) is 11.8 Å². The van der Waals surface area contributed by atoms with E-state index in [9.17, 15) is 14.7 Å². The van der Waals surface area contributed by atoms with E-state index in [0.29, 0.717) is 24.5 Å². The van der Waals surface area contributed by atoms with Crippen LogP contribution in [0.1, 0.15) is 45.2 Å². The molecule has 3 aromatic rings. The number of likely N-dealkylation sites (tertiary alicyclic amines) is 1. The van der Waals surface area contributed by atoms with Gasteiger partial charge in [-0.3, -0.25) is 14.6 Å². The summed E-state index contributed by atoms with van der Waals surface area (Å²) in [4.78, 5) is 32.5. The summed E-state index contributed by atoms with van der Waals surface area (Å²) in [5.41, 5.74) is 0.781. The molecule has 194 valence electrons. The lowest BCUT2D eigenvalue weighted by Crippen LogP contribution is -2.60. The van der Waals surface area contributed by atoms with Crippen molar-refractivity contribution in [2.24, 2.45) is 11.3 Å². The van der Waals surface area contributed by atoms with Crippen LogP contribution in [-0.2, 0) is 15.2 Å². The Kier molecular flexibility index (Phi) is 7.72. The molecule has 4 rings (SSSR count). The minimum atomic E-state index is -1.10. The molecule has 37 heavy (non-hydrogen) atoms. The maximum atomic E-state index is 13.6. The van der Waals surface area contributed by atoms with E-state index < -0.39 is 17.1 Å². The molecule has 0 spiro atoms. The number of piperidine rings is 1. The highest BCUT2D eigenvalue weighted by Gasteiger charge is 2.50. The summed E-state index contributed by atoms with van der Waals surface area (Å²) in [5.74, 6) is -0.586. The number of fused-ring (bicyclic) bond motifs is 1. The van der Waals surface area contributed by atoms with Crippen molar-refractivity contribution in [1.82, 2.24) is 15.2 Å². The quantitative estimate of drug-likeness (QED) is 0.439. The Labute approximate surface area is 223 Å². The molecule has 1 aromatic heterocycles. The molecular formula is C30H34ClN3O3. The average molecular weight is 520 g/mol. The van der Waals surface area contributed by atoms with Gasteiger partial charge in [0, 0.05) is 41.2 Å². The number of carbonyl (C=O) groups excluding carboxylic acids is 2. The third kappa shape index (κ3) is 5.71. The van der Waals surface area contributed by atoms with E-state index in [1.165, 1.54) is 6.08 Å². The van der Waals surface area contributed by atoms with Crippen molar-refractivity contribution in [2.45, 2.75) is 45.8 Å². The number of aliphatic hydroxyl groups is 1. The van der Waals surface area contributed by atoms with Gasteiger partial charge in [-0.2, -0.15) is 0 Å². The van der Waals surface area contributed by atoms with E-state index in [4.69, 9.17) is 11.6 Å². The van der Waals surface area contributed by atoms with Gasteiger partial charge in [0.15, 0.2) is 0 Å². The van der Waals surface area contributed by atoms with E-state index in [0.717, 1.165) is 22.0 Å². The fraction of sp³-hybridized carbons (Fsp3) is 0.367. The zero-order valence-electron chi connectivity index (χ0n) is 21.7. The van der Waals surface area contributed by atoms with Crippen LogP contribution in [0.15, 0.2) is 66.9 Å². The first-order chi connectivity index (χ1) is 17.5. The van der Waals surface area contributed by atoms with Gasteiger partial charge < -0.3 is 15.3 Å². The van der Waals surface area contributed by atoms with E-state index >= 15 is 0 Å². The van der Waals surface area contributed by atoms with Crippen molar-refractivity contribution in [2.75, 3.05) is 13.1 Å². The van der Waals surface area contributed by atoms with Crippen LogP contribution in [0, 0.1) is 11.3 Å². The second-order valence-corrected chi connectivity index (χ2v) is 11.2. The Morgan fingerprint density at radius 1 is 1.14 bits per heavy atom. The smallest absolute Gasteiger partial charge is 0.245 e. The highest BCUT2D eigenvalue weighted by atomic mass is 35.5. The van der Waals surface area contributed by atoms with Gasteiger partial charge in [-0.05, 0) is 53.8 Å². The number of benzene rings is 2. The minimum absolute atomic E-state index is 0.104. The average Bonchev–Trinajstić information content (AvgIpc) is 2.87. The van der Waals surface area contributed by atoms with Crippen LogP contribution < -0.4 is 5.32 Å². The lowest BCUT2D eigenvalue weighted by molar-refractivity contribution is -0.156. The molecule has 0 radical (unpaired) electrons. The van der Waals surface area contributed by atoms with Crippen LogP contribution in [0.2, 0.25) is 5.02 Å². The van der Waals surface area contributed by atoms with Gasteiger partial charge in [-0.25, -0.2) is 0 Å². The van der Waals surface area contributed by atoms with Crippen LogP contribution in [0.4, 0.5) is 0 Å². The highest BCUT2D eigenvalue weighted by Crippen LogP contribution is 2.46. The van der Waals surface area contributed by atoms with Gasteiger partial charge in [0.1, 0.15) is 6.04 Å². The maximum absolute atomic E-state index is 13.6. The van der Waals surface area contributed by atoms with Gasteiger partial charge >= 0.3 is 0 Å². The van der Waals surface area contributed by atoms with Gasteiger partial charge in [-0.1, -0.05) is 69.6 Å². The number of nitrogens with zero attached hydrogens (tertiary/aromatic N) is 2. The number of rotatable bonds is 6. The van der Waals surface area contributed by atoms with Crippen LogP contribution in [0.5, 0.6) is 0 Å². The molecule has 1 saturated heterocycles. The number of para-hydroxylation sites is 1. The molecule has 2 amide bonds. The summed E-state index contributed by atoms with van der Waals surface area (Å²) in [6, 6.07) is 16.3. The molecule has 1 fully saturated rings. The number of nitrogens with one attached hydrogen (secondary N) is 1. The molecule has 2 N–H and O–H groups in total. The number of pyridine rings is 1. The van der Waals surface area contributed by atoms with Crippen LogP contribution in [0.25, 0.3) is 17.0 Å². The predicted molar refractivity (Wildman–Crippen MR) is 148 cm³/mol. The second kappa shape index (κ2) is 10.6. The lowest BCUT2D eigenvalue weighted by atomic mass is 9.66. The summed E-state index contributed by atoms with van der Waals surface area (Å²) < 4.78 is 0. The lowest BCUT2D eigenvalue weighted by Gasteiger charge is -2.51. The summed E-state index contributed by atoms with van der Waals surface area (Å²) in [5, 5.41) is 16.1. The number of hydrogen-bond acceptors (Lipinski definition) is 4. The van der Waals surface area contributed by atoms with Gasteiger partial charge in [0.25, 0.3) is 0 Å². The number of hydrogen-bond donors (Lipinski definition) is 2. The fourth-order valence-corrected chi connectivity index (χ4v) is 5.16. The first kappa shape index (κ1) is 26.8. The second-order valence-electron chi connectivity index (χ2n) is 10.8. The van der Waals surface area contributed by atoms with Gasteiger partial charge in [-0.15, -0.1) is 0 Å². The van der Waals surface area contributed by atoms with Crippen molar-refractivity contribution < 1.29 is 14.7 Å². The van der Waals surface area contributed by atoms with Crippen LogP contribution in [-0.4, -0.2) is 45.9 Å². The van der Waals surface area contributed by atoms with E-state index in [2.05, 4.69) is 10.3 Å². The van der Waals surface area contributed by atoms with E-state index in [-0.39, 0.29) is 17.7 Å². The topological polar surface area (TPSA) is 82.5 Å².